The normalized spacial score (nSPS) is 10.6. The zero-order valence-electron chi connectivity index (χ0n) is 11.4. The molecule has 0 unspecified atom stereocenters. The number of hydrogen-bond donors (Lipinski definition) is 2. The van der Waals surface area contributed by atoms with Crippen molar-refractivity contribution >= 4 is 43.9 Å². The van der Waals surface area contributed by atoms with Crippen molar-refractivity contribution in [1.82, 2.24) is 4.98 Å². The molecule has 5 heteroatoms. The number of hydrogen-bond acceptors (Lipinski definition) is 4. The van der Waals surface area contributed by atoms with Gasteiger partial charge in [0.05, 0.1) is 18.3 Å². The first-order valence-corrected chi connectivity index (χ1v) is 7.21. The smallest absolute Gasteiger partial charge is 0.122 e. The minimum atomic E-state index is 0.669. The van der Waals surface area contributed by atoms with Crippen molar-refractivity contribution in [3.8, 4) is 5.75 Å². The zero-order valence-corrected chi connectivity index (χ0v) is 13.0. The molecule has 106 valence electrons. The number of ether oxygens (including phenoxy) is 1. The van der Waals surface area contributed by atoms with E-state index in [9.17, 15) is 0 Å². The van der Waals surface area contributed by atoms with Crippen molar-refractivity contribution in [1.29, 1.82) is 0 Å². The van der Waals surface area contributed by atoms with Gasteiger partial charge in [0.2, 0.25) is 0 Å². The topological polar surface area (TPSA) is 60.2 Å². The SMILES string of the molecule is COc1cc(Br)cc(Nc2ccc(N)c3ncccc23)c1. The number of benzene rings is 2. The molecule has 0 spiro atoms. The minimum Gasteiger partial charge on any atom is -0.497 e. The molecule has 0 fully saturated rings. The third-order valence-corrected chi connectivity index (χ3v) is 3.64. The van der Waals surface area contributed by atoms with E-state index < -0.39 is 0 Å². The van der Waals surface area contributed by atoms with Gasteiger partial charge >= 0.3 is 0 Å². The monoisotopic (exact) mass is 343 g/mol. The average molecular weight is 344 g/mol. The van der Waals surface area contributed by atoms with Crippen molar-refractivity contribution in [3.63, 3.8) is 0 Å². The molecule has 2 aromatic carbocycles. The highest BCUT2D eigenvalue weighted by Gasteiger charge is 2.06. The molecule has 0 saturated carbocycles. The van der Waals surface area contributed by atoms with Crippen LogP contribution in [0.2, 0.25) is 0 Å². The molecule has 0 atom stereocenters. The summed E-state index contributed by atoms with van der Waals surface area (Å²) in [6.45, 7) is 0. The van der Waals surface area contributed by atoms with Gasteiger partial charge in [-0.25, -0.2) is 0 Å². The summed E-state index contributed by atoms with van der Waals surface area (Å²) in [6.07, 6.45) is 1.74. The van der Waals surface area contributed by atoms with Gasteiger partial charge in [0.15, 0.2) is 0 Å². The molecule has 1 aromatic heterocycles. The molecule has 0 aliphatic carbocycles. The van der Waals surface area contributed by atoms with E-state index >= 15 is 0 Å². The highest BCUT2D eigenvalue weighted by atomic mass is 79.9. The van der Waals surface area contributed by atoms with Crippen molar-refractivity contribution in [2.75, 3.05) is 18.2 Å². The molecule has 3 rings (SSSR count). The van der Waals surface area contributed by atoms with Crippen molar-refractivity contribution in [3.05, 3.63) is 53.1 Å². The largest absolute Gasteiger partial charge is 0.497 e. The summed E-state index contributed by atoms with van der Waals surface area (Å²) >= 11 is 3.48. The molecule has 3 aromatic rings. The Hall–Kier alpha value is -2.27. The van der Waals surface area contributed by atoms with E-state index in [-0.39, 0.29) is 0 Å². The maximum absolute atomic E-state index is 5.97. The zero-order chi connectivity index (χ0) is 14.8. The van der Waals surface area contributed by atoms with Gasteiger partial charge in [-0.2, -0.15) is 0 Å². The molecule has 3 N–H and O–H groups in total. The molecule has 0 radical (unpaired) electrons. The Balaban J connectivity index is 2.06. The lowest BCUT2D eigenvalue weighted by Gasteiger charge is -2.12. The van der Waals surface area contributed by atoms with Crippen LogP contribution in [0.25, 0.3) is 10.9 Å². The van der Waals surface area contributed by atoms with Crippen LogP contribution in [0.4, 0.5) is 17.1 Å². The summed E-state index contributed by atoms with van der Waals surface area (Å²) in [6, 6.07) is 13.5. The summed E-state index contributed by atoms with van der Waals surface area (Å²) in [5.41, 5.74) is 9.31. The third-order valence-electron chi connectivity index (χ3n) is 3.19. The Morgan fingerprint density at radius 1 is 1.19 bits per heavy atom. The van der Waals surface area contributed by atoms with E-state index in [1.165, 1.54) is 0 Å². The molecule has 0 aliphatic rings. The van der Waals surface area contributed by atoms with Gasteiger partial charge < -0.3 is 15.8 Å². The Labute approximate surface area is 131 Å². The van der Waals surface area contributed by atoms with Gasteiger partial charge in [0, 0.05) is 33.5 Å². The third kappa shape index (κ3) is 2.78. The van der Waals surface area contributed by atoms with E-state index in [0.29, 0.717) is 5.69 Å². The van der Waals surface area contributed by atoms with Crippen LogP contribution in [0.3, 0.4) is 0 Å². The predicted molar refractivity (Wildman–Crippen MR) is 90.1 cm³/mol. The predicted octanol–water partition coefficient (Wildman–Crippen LogP) is 4.33. The Bertz CT molecular complexity index is 805. The molecule has 4 nitrogen and oxygen atoms in total. The Morgan fingerprint density at radius 3 is 2.86 bits per heavy atom. The molecule has 0 amide bonds. The summed E-state index contributed by atoms with van der Waals surface area (Å²) in [5, 5.41) is 4.37. The number of anilines is 3. The lowest BCUT2D eigenvalue weighted by Crippen LogP contribution is -1.96. The van der Waals surface area contributed by atoms with E-state index in [0.717, 1.165) is 32.5 Å². The van der Waals surface area contributed by atoms with Gasteiger partial charge in [-0.1, -0.05) is 15.9 Å². The Morgan fingerprint density at radius 2 is 2.05 bits per heavy atom. The number of nitrogens with one attached hydrogen (secondary N) is 1. The summed E-state index contributed by atoms with van der Waals surface area (Å²) in [7, 11) is 1.65. The fourth-order valence-corrected chi connectivity index (χ4v) is 2.68. The quantitative estimate of drug-likeness (QED) is 0.694. The van der Waals surface area contributed by atoms with Crippen LogP contribution < -0.4 is 15.8 Å². The van der Waals surface area contributed by atoms with E-state index in [1.807, 2.05) is 42.5 Å². The van der Waals surface area contributed by atoms with Gasteiger partial charge in [0.25, 0.3) is 0 Å². The highest BCUT2D eigenvalue weighted by molar-refractivity contribution is 9.10. The molecule has 0 bridgehead atoms. The van der Waals surface area contributed by atoms with Crippen LogP contribution >= 0.6 is 15.9 Å². The number of nitrogens with two attached hydrogens (primary N) is 1. The number of nitrogens with zero attached hydrogens (tertiary/aromatic N) is 1. The average Bonchev–Trinajstić information content (AvgIpc) is 2.50. The number of halogens is 1. The van der Waals surface area contributed by atoms with Gasteiger partial charge in [0.1, 0.15) is 5.75 Å². The molecule has 0 saturated heterocycles. The lowest BCUT2D eigenvalue weighted by molar-refractivity contribution is 0.415. The summed E-state index contributed by atoms with van der Waals surface area (Å²) in [4.78, 5) is 4.34. The second kappa shape index (κ2) is 5.61. The fourth-order valence-electron chi connectivity index (χ4n) is 2.21. The second-order valence-corrected chi connectivity index (χ2v) is 5.52. The number of methoxy groups -OCH3 is 1. The van der Waals surface area contributed by atoms with E-state index in [1.54, 1.807) is 13.3 Å². The maximum Gasteiger partial charge on any atom is 0.122 e. The van der Waals surface area contributed by atoms with E-state index in [2.05, 4.69) is 26.2 Å². The second-order valence-electron chi connectivity index (χ2n) is 4.61. The number of pyridine rings is 1. The first kappa shape index (κ1) is 13.7. The van der Waals surface area contributed by atoms with Crippen LogP contribution in [0.15, 0.2) is 53.1 Å². The van der Waals surface area contributed by atoms with Gasteiger partial charge in [-0.3, -0.25) is 4.98 Å². The highest BCUT2D eigenvalue weighted by Crippen LogP contribution is 2.31. The Kier molecular flexibility index (Phi) is 3.66. The van der Waals surface area contributed by atoms with Crippen LogP contribution in [0.5, 0.6) is 5.75 Å². The summed E-state index contributed by atoms with van der Waals surface area (Å²) in [5.74, 6) is 0.782. The maximum atomic E-state index is 5.97. The first-order chi connectivity index (χ1) is 10.2. The fraction of sp³-hybridized carbons (Fsp3) is 0.0625. The number of fused-ring (bicyclic) bond motifs is 1. The first-order valence-electron chi connectivity index (χ1n) is 6.42. The standard InChI is InChI=1S/C16H14BrN3O/c1-21-12-8-10(17)7-11(9-12)20-15-5-4-14(18)16-13(15)3-2-6-19-16/h2-9,20H,18H2,1H3. The van der Waals surface area contributed by atoms with Crippen molar-refractivity contribution in [2.24, 2.45) is 0 Å². The molecular weight excluding hydrogens is 330 g/mol. The summed E-state index contributed by atoms with van der Waals surface area (Å²) < 4.78 is 6.22. The van der Waals surface area contributed by atoms with Crippen LogP contribution in [0.1, 0.15) is 0 Å². The number of nitrogen functional groups attached to an aromatic ring is 1. The van der Waals surface area contributed by atoms with Crippen LogP contribution in [0, 0.1) is 0 Å². The van der Waals surface area contributed by atoms with Crippen LogP contribution in [-0.4, -0.2) is 12.1 Å². The van der Waals surface area contributed by atoms with Crippen molar-refractivity contribution < 1.29 is 4.74 Å². The molecule has 0 aliphatic heterocycles. The van der Waals surface area contributed by atoms with Crippen molar-refractivity contribution in [2.45, 2.75) is 0 Å². The molecular formula is C16H14BrN3O. The molecule has 21 heavy (non-hydrogen) atoms. The van der Waals surface area contributed by atoms with Gasteiger partial charge in [-0.05, 0) is 36.4 Å². The van der Waals surface area contributed by atoms with Crippen LogP contribution in [-0.2, 0) is 0 Å². The number of rotatable bonds is 3. The number of aromatic nitrogens is 1. The van der Waals surface area contributed by atoms with E-state index in [4.69, 9.17) is 10.5 Å². The molecule has 1 heterocycles. The lowest BCUT2D eigenvalue weighted by atomic mass is 10.1. The minimum absolute atomic E-state index is 0.669. The van der Waals surface area contributed by atoms with Gasteiger partial charge in [-0.15, -0.1) is 0 Å².